The zero-order valence-electron chi connectivity index (χ0n) is 12.6. The smallest absolute Gasteiger partial charge is 0.229 e. The molecule has 0 aliphatic carbocycles. The van der Waals surface area contributed by atoms with Crippen molar-refractivity contribution in [1.29, 1.82) is 0 Å². The van der Waals surface area contributed by atoms with Crippen LogP contribution >= 0.6 is 0 Å². The van der Waals surface area contributed by atoms with Crippen LogP contribution in [0, 0.1) is 11.3 Å². The zero-order valence-corrected chi connectivity index (χ0v) is 12.6. The summed E-state index contributed by atoms with van der Waals surface area (Å²) in [4.78, 5) is 16.7. The molecule has 0 spiro atoms. The number of carbonyl (C=O) groups is 1. The third-order valence-corrected chi connectivity index (χ3v) is 3.39. The van der Waals surface area contributed by atoms with E-state index in [2.05, 4.69) is 37.9 Å². The van der Waals surface area contributed by atoms with E-state index in [1.54, 1.807) is 0 Å². The highest BCUT2D eigenvalue weighted by Crippen LogP contribution is 2.21. The second kappa shape index (κ2) is 6.53. The molecule has 1 saturated heterocycles. The first-order valence-electron chi connectivity index (χ1n) is 7.01. The van der Waals surface area contributed by atoms with Crippen LogP contribution in [0.5, 0.6) is 0 Å². The molecule has 0 radical (unpaired) electrons. The Morgan fingerprint density at radius 2 is 1.89 bits per heavy atom. The molecule has 1 amide bonds. The number of hydrogen-bond donors (Lipinski definition) is 1. The first-order valence-corrected chi connectivity index (χ1v) is 7.01. The summed E-state index contributed by atoms with van der Waals surface area (Å²) in [7, 11) is 1.92. The maximum Gasteiger partial charge on any atom is 0.229 e. The van der Waals surface area contributed by atoms with Crippen molar-refractivity contribution in [3.8, 4) is 0 Å². The summed E-state index contributed by atoms with van der Waals surface area (Å²) in [5, 5.41) is 3.34. The monoisotopic (exact) mass is 255 g/mol. The Hall–Kier alpha value is -0.610. The molecule has 0 bridgehead atoms. The van der Waals surface area contributed by atoms with Crippen molar-refractivity contribution in [3.05, 3.63) is 0 Å². The molecule has 1 aliphatic heterocycles. The molecule has 0 saturated carbocycles. The molecule has 18 heavy (non-hydrogen) atoms. The van der Waals surface area contributed by atoms with Crippen LogP contribution in [0.25, 0.3) is 0 Å². The van der Waals surface area contributed by atoms with E-state index in [-0.39, 0.29) is 11.3 Å². The topological polar surface area (TPSA) is 35.6 Å². The van der Waals surface area contributed by atoms with E-state index >= 15 is 0 Å². The van der Waals surface area contributed by atoms with E-state index in [1.807, 2.05) is 11.9 Å². The van der Waals surface area contributed by atoms with E-state index < -0.39 is 0 Å². The average molecular weight is 255 g/mol. The van der Waals surface area contributed by atoms with Gasteiger partial charge in [0.1, 0.15) is 0 Å². The molecule has 0 atom stereocenters. The molecule has 4 nitrogen and oxygen atoms in total. The number of rotatable bonds is 5. The lowest BCUT2D eigenvalue weighted by Gasteiger charge is -2.36. The molecule has 0 unspecified atom stereocenters. The molecule has 0 aromatic carbocycles. The second-order valence-corrected chi connectivity index (χ2v) is 6.49. The number of carbonyl (C=O) groups excluding carboxylic acids is 1. The van der Waals surface area contributed by atoms with Crippen molar-refractivity contribution in [2.75, 3.05) is 46.3 Å². The quantitative estimate of drug-likeness (QED) is 0.797. The Kier molecular flexibility index (Phi) is 5.60. The molecule has 106 valence electrons. The summed E-state index contributed by atoms with van der Waals surface area (Å²) in [6.45, 7) is 14.3. The van der Waals surface area contributed by atoms with E-state index in [0.29, 0.717) is 5.92 Å². The fourth-order valence-electron chi connectivity index (χ4n) is 2.64. The van der Waals surface area contributed by atoms with Gasteiger partial charge in [0.2, 0.25) is 5.91 Å². The van der Waals surface area contributed by atoms with Gasteiger partial charge in [0, 0.05) is 46.3 Å². The third-order valence-electron chi connectivity index (χ3n) is 3.39. The van der Waals surface area contributed by atoms with Crippen molar-refractivity contribution in [2.45, 2.75) is 27.7 Å². The van der Waals surface area contributed by atoms with E-state index in [4.69, 9.17) is 0 Å². The van der Waals surface area contributed by atoms with Gasteiger partial charge < -0.3 is 10.2 Å². The summed E-state index contributed by atoms with van der Waals surface area (Å²) in [5.74, 6) is 0.781. The van der Waals surface area contributed by atoms with Gasteiger partial charge in [0.15, 0.2) is 0 Å². The summed E-state index contributed by atoms with van der Waals surface area (Å²) >= 11 is 0. The molecule has 1 N–H and O–H groups in total. The first kappa shape index (κ1) is 15.4. The van der Waals surface area contributed by atoms with Gasteiger partial charge in [-0.15, -0.1) is 0 Å². The minimum Gasteiger partial charge on any atom is -0.345 e. The van der Waals surface area contributed by atoms with Crippen molar-refractivity contribution < 1.29 is 4.79 Å². The van der Waals surface area contributed by atoms with Gasteiger partial charge in [-0.3, -0.25) is 9.69 Å². The Morgan fingerprint density at radius 3 is 2.39 bits per heavy atom. The molecule has 4 heteroatoms. The summed E-state index contributed by atoms with van der Waals surface area (Å²) < 4.78 is 0. The predicted octanol–water partition coefficient (Wildman–Crippen LogP) is 1.03. The van der Waals surface area contributed by atoms with Crippen LogP contribution in [0.4, 0.5) is 0 Å². The van der Waals surface area contributed by atoms with Gasteiger partial charge in [0.25, 0.3) is 0 Å². The molecule has 1 heterocycles. The molecular formula is C14H29N3O. The lowest BCUT2D eigenvalue weighted by molar-refractivity contribution is -0.140. The summed E-state index contributed by atoms with van der Waals surface area (Å²) in [6.07, 6.45) is 0. The summed E-state index contributed by atoms with van der Waals surface area (Å²) in [6, 6.07) is 0. The van der Waals surface area contributed by atoms with Crippen LogP contribution in [-0.4, -0.2) is 62.0 Å². The van der Waals surface area contributed by atoms with E-state index in [1.165, 1.54) is 0 Å². The third kappa shape index (κ3) is 4.58. The number of hydrogen-bond acceptors (Lipinski definition) is 3. The van der Waals surface area contributed by atoms with Gasteiger partial charge in [-0.2, -0.15) is 0 Å². The normalized spacial score (nSPS) is 18.1. The standard InChI is InChI=1S/C14H29N3O/c1-12(2)10-16(5)13(18)14(3,4)11-17-8-6-15-7-9-17/h12,15H,6-11H2,1-5H3. The van der Waals surface area contributed by atoms with Crippen molar-refractivity contribution in [3.63, 3.8) is 0 Å². The number of amides is 1. The van der Waals surface area contributed by atoms with Gasteiger partial charge in [-0.05, 0) is 19.8 Å². The van der Waals surface area contributed by atoms with E-state index in [9.17, 15) is 4.79 Å². The summed E-state index contributed by atoms with van der Waals surface area (Å²) in [5.41, 5.74) is -0.291. The number of nitrogens with one attached hydrogen (secondary N) is 1. The zero-order chi connectivity index (χ0) is 13.8. The van der Waals surface area contributed by atoms with Crippen LogP contribution in [0.15, 0.2) is 0 Å². The molecule has 0 aromatic heterocycles. The highest BCUT2D eigenvalue weighted by Gasteiger charge is 2.32. The van der Waals surface area contributed by atoms with Gasteiger partial charge in [0.05, 0.1) is 5.41 Å². The lowest BCUT2D eigenvalue weighted by Crippen LogP contribution is -2.51. The Balaban J connectivity index is 2.52. The highest BCUT2D eigenvalue weighted by molar-refractivity contribution is 5.82. The molecule has 0 aromatic rings. The fraction of sp³-hybridized carbons (Fsp3) is 0.929. The molecule has 1 rings (SSSR count). The maximum atomic E-state index is 12.5. The van der Waals surface area contributed by atoms with Crippen molar-refractivity contribution >= 4 is 5.91 Å². The lowest BCUT2D eigenvalue weighted by atomic mass is 9.90. The van der Waals surface area contributed by atoms with Gasteiger partial charge in [-0.25, -0.2) is 0 Å². The fourth-order valence-corrected chi connectivity index (χ4v) is 2.64. The second-order valence-electron chi connectivity index (χ2n) is 6.49. The van der Waals surface area contributed by atoms with Crippen molar-refractivity contribution in [2.24, 2.45) is 11.3 Å². The van der Waals surface area contributed by atoms with Crippen molar-refractivity contribution in [1.82, 2.24) is 15.1 Å². The van der Waals surface area contributed by atoms with Gasteiger partial charge >= 0.3 is 0 Å². The highest BCUT2D eigenvalue weighted by atomic mass is 16.2. The first-order chi connectivity index (χ1) is 8.33. The minimum absolute atomic E-state index is 0.259. The Bertz CT molecular complexity index is 270. The van der Waals surface area contributed by atoms with Crippen LogP contribution < -0.4 is 5.32 Å². The van der Waals surface area contributed by atoms with Gasteiger partial charge in [-0.1, -0.05) is 13.8 Å². The van der Waals surface area contributed by atoms with Crippen LogP contribution in [0.1, 0.15) is 27.7 Å². The molecule has 1 fully saturated rings. The van der Waals surface area contributed by atoms with Crippen LogP contribution in [0.3, 0.4) is 0 Å². The minimum atomic E-state index is -0.291. The number of piperazine rings is 1. The number of nitrogens with zero attached hydrogens (tertiary/aromatic N) is 2. The largest absolute Gasteiger partial charge is 0.345 e. The molecule has 1 aliphatic rings. The Labute approximate surface area is 112 Å². The average Bonchev–Trinajstić information content (AvgIpc) is 2.27. The predicted molar refractivity (Wildman–Crippen MR) is 75.6 cm³/mol. The maximum absolute atomic E-state index is 12.5. The Morgan fingerprint density at radius 1 is 1.33 bits per heavy atom. The van der Waals surface area contributed by atoms with Crippen LogP contribution in [0.2, 0.25) is 0 Å². The van der Waals surface area contributed by atoms with E-state index in [0.717, 1.165) is 39.3 Å². The SMILES string of the molecule is CC(C)CN(C)C(=O)C(C)(C)CN1CCNCC1. The molecular weight excluding hydrogens is 226 g/mol. The van der Waals surface area contributed by atoms with Crippen LogP contribution in [-0.2, 0) is 4.79 Å².